The lowest BCUT2D eigenvalue weighted by molar-refractivity contribution is 0.360. The predicted octanol–water partition coefficient (Wildman–Crippen LogP) is 13.1. The Morgan fingerprint density at radius 1 is 0.400 bits per heavy atom. The summed E-state index contributed by atoms with van der Waals surface area (Å²) in [5.41, 5.74) is 9.48. The van der Waals surface area contributed by atoms with Gasteiger partial charge in [-0.2, -0.15) is 0 Å². The fraction of sp³-hybridized carbons (Fsp3) is 0.0600. The zero-order chi connectivity index (χ0) is 36.7. The van der Waals surface area contributed by atoms with E-state index in [1.54, 1.807) is 0 Å². The second-order valence-electron chi connectivity index (χ2n) is 14.8. The van der Waals surface area contributed by atoms with Gasteiger partial charge in [0, 0.05) is 27.7 Å². The Kier molecular flexibility index (Phi) is 6.83. The molecule has 0 unspecified atom stereocenters. The second kappa shape index (κ2) is 12.0. The number of nitrogens with zero attached hydrogens (tertiary/aromatic N) is 3. The van der Waals surface area contributed by atoms with Crippen molar-refractivity contribution in [3.8, 4) is 79.4 Å². The SMILES string of the molecule is CC1(C)c2ccccc2-c2c1ccc1c2Oc2cc(-c3cccc(-c4nc(-c5ccccc5)nc(-c5ccc6c(ccc7ccccc76)c5)n4)c3)ccc2O1. The first-order chi connectivity index (χ1) is 27.0. The van der Waals surface area contributed by atoms with Gasteiger partial charge in [-0.25, -0.2) is 15.0 Å². The maximum Gasteiger partial charge on any atom is 0.178 e. The first-order valence-electron chi connectivity index (χ1n) is 18.6. The molecule has 5 heteroatoms. The van der Waals surface area contributed by atoms with Crippen LogP contribution in [-0.2, 0) is 5.41 Å². The van der Waals surface area contributed by atoms with Gasteiger partial charge in [-0.3, -0.25) is 0 Å². The van der Waals surface area contributed by atoms with Crippen LogP contribution < -0.4 is 9.47 Å². The quantitative estimate of drug-likeness (QED) is 0.170. The van der Waals surface area contributed by atoms with Gasteiger partial charge >= 0.3 is 0 Å². The third-order valence-corrected chi connectivity index (χ3v) is 11.2. The summed E-state index contributed by atoms with van der Waals surface area (Å²) in [5.74, 6) is 4.72. The normalized spacial score (nSPS) is 13.3. The Morgan fingerprint density at radius 2 is 1.04 bits per heavy atom. The van der Waals surface area contributed by atoms with Gasteiger partial charge in [0.25, 0.3) is 0 Å². The number of aromatic nitrogens is 3. The fourth-order valence-corrected chi connectivity index (χ4v) is 8.35. The Labute approximate surface area is 318 Å². The van der Waals surface area contributed by atoms with Gasteiger partial charge < -0.3 is 9.47 Å². The van der Waals surface area contributed by atoms with Gasteiger partial charge in [0.1, 0.15) is 0 Å². The topological polar surface area (TPSA) is 57.1 Å². The van der Waals surface area contributed by atoms with E-state index in [2.05, 4.69) is 135 Å². The average molecular weight is 708 g/mol. The highest BCUT2D eigenvalue weighted by atomic mass is 16.6. The molecule has 1 aliphatic heterocycles. The van der Waals surface area contributed by atoms with Crippen LogP contribution in [-0.4, -0.2) is 15.0 Å². The molecule has 0 atom stereocenters. The van der Waals surface area contributed by atoms with E-state index in [9.17, 15) is 0 Å². The third-order valence-electron chi connectivity index (χ3n) is 11.2. The minimum atomic E-state index is -0.134. The molecule has 0 saturated carbocycles. The van der Waals surface area contributed by atoms with Crippen molar-refractivity contribution in [2.75, 3.05) is 0 Å². The molecule has 0 N–H and O–H groups in total. The van der Waals surface area contributed by atoms with Crippen molar-refractivity contribution in [2.24, 2.45) is 0 Å². The fourth-order valence-electron chi connectivity index (χ4n) is 8.35. The van der Waals surface area contributed by atoms with E-state index >= 15 is 0 Å². The van der Waals surface area contributed by atoms with Crippen LogP contribution in [0.1, 0.15) is 25.0 Å². The summed E-state index contributed by atoms with van der Waals surface area (Å²) >= 11 is 0. The molecule has 2 heterocycles. The number of ether oxygens (including phenoxy) is 2. The highest BCUT2D eigenvalue weighted by Gasteiger charge is 2.39. The van der Waals surface area contributed by atoms with Gasteiger partial charge in [0.2, 0.25) is 0 Å². The van der Waals surface area contributed by atoms with E-state index in [0.29, 0.717) is 29.0 Å². The lowest BCUT2D eigenvalue weighted by Crippen LogP contribution is -2.15. The number of hydrogen-bond acceptors (Lipinski definition) is 5. The van der Waals surface area contributed by atoms with Crippen LogP contribution in [0.2, 0.25) is 0 Å². The number of hydrogen-bond donors (Lipinski definition) is 0. The smallest absolute Gasteiger partial charge is 0.178 e. The maximum absolute atomic E-state index is 6.77. The van der Waals surface area contributed by atoms with Crippen LogP contribution in [0, 0.1) is 0 Å². The van der Waals surface area contributed by atoms with Crippen molar-refractivity contribution in [1.82, 2.24) is 15.0 Å². The zero-order valence-corrected chi connectivity index (χ0v) is 30.2. The minimum Gasteiger partial charge on any atom is -0.449 e. The van der Waals surface area contributed by atoms with Crippen molar-refractivity contribution < 1.29 is 9.47 Å². The molecule has 9 aromatic rings. The number of benzene rings is 8. The van der Waals surface area contributed by atoms with Gasteiger partial charge in [-0.1, -0.05) is 147 Å². The summed E-state index contributed by atoms with van der Waals surface area (Å²) in [5, 5.41) is 4.79. The summed E-state index contributed by atoms with van der Waals surface area (Å²) in [4.78, 5) is 15.1. The molecule has 0 amide bonds. The van der Waals surface area contributed by atoms with Crippen molar-refractivity contribution >= 4 is 21.5 Å². The van der Waals surface area contributed by atoms with Crippen molar-refractivity contribution in [1.29, 1.82) is 0 Å². The van der Waals surface area contributed by atoms with Gasteiger partial charge in [0.05, 0.1) is 0 Å². The highest BCUT2D eigenvalue weighted by Crippen LogP contribution is 2.58. The second-order valence-corrected chi connectivity index (χ2v) is 14.8. The minimum absolute atomic E-state index is 0.134. The standard InChI is InChI=1S/C50H33N3O2/c1-50(2)40-18-9-8-17-39(40)45-41(50)24-26-43-46(45)55-44-29-33(22-25-42(44)54-43)32-14-10-15-35(27-32)48-51-47(31-12-4-3-5-13-31)52-49(53-48)36-21-23-38-34(28-36)20-19-30-11-6-7-16-37(30)38/h3-29H,1-2H3. The van der Waals surface area contributed by atoms with Crippen molar-refractivity contribution in [3.63, 3.8) is 0 Å². The molecule has 8 aromatic carbocycles. The Morgan fingerprint density at radius 3 is 1.91 bits per heavy atom. The van der Waals surface area contributed by atoms with E-state index in [4.69, 9.17) is 24.4 Å². The van der Waals surface area contributed by atoms with Crippen LogP contribution >= 0.6 is 0 Å². The molecule has 11 rings (SSSR count). The largest absolute Gasteiger partial charge is 0.449 e. The van der Waals surface area contributed by atoms with Crippen LogP contribution in [0.15, 0.2) is 164 Å². The molecular weight excluding hydrogens is 675 g/mol. The average Bonchev–Trinajstić information content (AvgIpc) is 3.48. The summed E-state index contributed by atoms with van der Waals surface area (Å²) in [6.07, 6.45) is 0. The van der Waals surface area contributed by atoms with E-state index in [1.807, 2.05) is 42.5 Å². The van der Waals surface area contributed by atoms with E-state index < -0.39 is 0 Å². The molecule has 0 bridgehead atoms. The zero-order valence-electron chi connectivity index (χ0n) is 30.2. The molecule has 2 aliphatic rings. The number of rotatable bonds is 4. The van der Waals surface area contributed by atoms with Crippen LogP contribution in [0.4, 0.5) is 0 Å². The summed E-state index contributed by atoms with van der Waals surface area (Å²) in [7, 11) is 0. The molecular formula is C50H33N3O2. The first kappa shape index (κ1) is 31.4. The van der Waals surface area contributed by atoms with Crippen molar-refractivity contribution in [2.45, 2.75) is 19.3 Å². The predicted molar refractivity (Wildman–Crippen MR) is 221 cm³/mol. The van der Waals surface area contributed by atoms with E-state index in [1.165, 1.54) is 32.8 Å². The van der Waals surface area contributed by atoms with Gasteiger partial charge in [-0.05, 0) is 79.7 Å². The van der Waals surface area contributed by atoms with Gasteiger partial charge in [-0.15, -0.1) is 0 Å². The Bertz CT molecular complexity index is 3020. The maximum atomic E-state index is 6.77. The van der Waals surface area contributed by atoms with E-state index in [0.717, 1.165) is 50.3 Å². The summed E-state index contributed by atoms with van der Waals surface area (Å²) < 4.78 is 13.2. The Balaban J connectivity index is 0.986. The monoisotopic (exact) mass is 707 g/mol. The summed E-state index contributed by atoms with van der Waals surface area (Å²) in [6, 6.07) is 56.7. The Hall–Kier alpha value is -7.11. The van der Waals surface area contributed by atoms with Crippen LogP contribution in [0.5, 0.6) is 23.0 Å². The summed E-state index contributed by atoms with van der Waals surface area (Å²) in [6.45, 7) is 4.54. The molecule has 260 valence electrons. The molecule has 0 fully saturated rings. The molecule has 1 aromatic heterocycles. The molecule has 55 heavy (non-hydrogen) atoms. The highest BCUT2D eigenvalue weighted by molar-refractivity contribution is 6.08. The molecule has 5 nitrogen and oxygen atoms in total. The first-order valence-corrected chi connectivity index (χ1v) is 18.6. The van der Waals surface area contributed by atoms with Gasteiger partial charge in [0.15, 0.2) is 40.5 Å². The van der Waals surface area contributed by atoms with E-state index in [-0.39, 0.29) is 5.41 Å². The lowest BCUT2D eigenvalue weighted by Gasteiger charge is -2.25. The lowest BCUT2D eigenvalue weighted by atomic mass is 9.82. The third kappa shape index (κ3) is 5.04. The number of fused-ring (bicyclic) bond motifs is 9. The molecule has 0 saturated heterocycles. The molecule has 0 radical (unpaired) electrons. The molecule has 0 spiro atoms. The van der Waals surface area contributed by atoms with Crippen molar-refractivity contribution in [3.05, 3.63) is 175 Å². The van der Waals surface area contributed by atoms with Crippen LogP contribution in [0.3, 0.4) is 0 Å². The molecule has 1 aliphatic carbocycles. The van der Waals surface area contributed by atoms with Crippen LogP contribution in [0.25, 0.3) is 78.0 Å².